The van der Waals surface area contributed by atoms with Crippen LogP contribution in [0.15, 0.2) is 70.3 Å². The van der Waals surface area contributed by atoms with Gasteiger partial charge in [0.1, 0.15) is 11.7 Å². The normalized spacial score (nSPS) is 15.8. The number of amides is 1. The van der Waals surface area contributed by atoms with Crippen molar-refractivity contribution in [3.63, 3.8) is 0 Å². The second kappa shape index (κ2) is 9.65. The van der Waals surface area contributed by atoms with Crippen LogP contribution < -0.4 is 5.32 Å². The standard InChI is InChI=1S/C24H25N2O5P/c1-3-30-32(28,31-4-2)16-17-7-10-19(11-8-17)25-15-21-20-12-9-18(23-6-5-13-29-23)14-22(20)26-24(21)27/h5-15,21H,3-4,16H2,1-2H3,(H,26,27). The van der Waals surface area contributed by atoms with E-state index in [9.17, 15) is 9.36 Å². The van der Waals surface area contributed by atoms with Crippen molar-refractivity contribution in [2.75, 3.05) is 18.5 Å². The highest BCUT2D eigenvalue weighted by Gasteiger charge is 2.29. The van der Waals surface area contributed by atoms with Crippen molar-refractivity contribution in [1.82, 2.24) is 0 Å². The van der Waals surface area contributed by atoms with Gasteiger partial charge in [0.05, 0.1) is 31.3 Å². The fraction of sp³-hybridized carbons (Fsp3) is 0.250. The number of hydrogen-bond donors (Lipinski definition) is 1. The number of rotatable bonds is 9. The number of benzene rings is 2. The average molecular weight is 452 g/mol. The number of nitrogens with one attached hydrogen (secondary N) is 1. The minimum atomic E-state index is -3.15. The molecule has 8 heteroatoms. The quantitative estimate of drug-likeness (QED) is 0.311. The highest BCUT2D eigenvalue weighted by molar-refractivity contribution is 7.53. The molecule has 0 radical (unpaired) electrons. The summed E-state index contributed by atoms with van der Waals surface area (Å²) >= 11 is 0. The minimum Gasteiger partial charge on any atom is -0.464 e. The second-order valence-electron chi connectivity index (χ2n) is 7.30. The molecule has 1 atom stereocenters. The van der Waals surface area contributed by atoms with E-state index >= 15 is 0 Å². The lowest BCUT2D eigenvalue weighted by Crippen LogP contribution is -2.12. The zero-order chi connectivity index (χ0) is 22.6. The number of fused-ring (bicyclic) bond motifs is 1. The van der Waals surface area contributed by atoms with Crippen molar-refractivity contribution in [2.45, 2.75) is 25.9 Å². The first kappa shape index (κ1) is 22.2. The Hall–Kier alpha value is -2.99. The molecule has 0 fully saturated rings. The molecule has 7 nitrogen and oxygen atoms in total. The van der Waals surface area contributed by atoms with E-state index < -0.39 is 13.5 Å². The van der Waals surface area contributed by atoms with E-state index in [1.54, 1.807) is 26.3 Å². The first-order valence-corrected chi connectivity index (χ1v) is 12.2. The largest absolute Gasteiger partial charge is 0.464 e. The third-order valence-corrected chi connectivity index (χ3v) is 7.13. The Balaban J connectivity index is 1.47. The molecule has 1 amide bonds. The van der Waals surface area contributed by atoms with Gasteiger partial charge >= 0.3 is 7.60 Å². The van der Waals surface area contributed by atoms with Gasteiger partial charge in [-0.25, -0.2) is 0 Å². The summed E-state index contributed by atoms with van der Waals surface area (Å²) in [7, 11) is -3.15. The molecule has 1 aliphatic heterocycles. The zero-order valence-electron chi connectivity index (χ0n) is 18.0. The average Bonchev–Trinajstić information content (AvgIpc) is 3.41. The number of carbonyl (C=O) groups is 1. The van der Waals surface area contributed by atoms with Gasteiger partial charge < -0.3 is 18.8 Å². The lowest BCUT2D eigenvalue weighted by atomic mass is 10.00. The van der Waals surface area contributed by atoms with Crippen LogP contribution in [0, 0.1) is 0 Å². The first-order chi connectivity index (χ1) is 15.5. The smallest absolute Gasteiger partial charge is 0.335 e. The lowest BCUT2D eigenvalue weighted by molar-refractivity contribution is -0.115. The summed E-state index contributed by atoms with van der Waals surface area (Å²) in [5.74, 6) is 0.162. The summed E-state index contributed by atoms with van der Waals surface area (Å²) in [4.78, 5) is 17.0. The van der Waals surface area contributed by atoms with Crippen molar-refractivity contribution in [3.05, 3.63) is 72.0 Å². The molecular weight excluding hydrogens is 427 g/mol. The molecule has 3 aromatic rings. The summed E-state index contributed by atoms with van der Waals surface area (Å²) in [6.45, 7) is 4.23. The Kier molecular flexibility index (Phi) is 6.70. The Morgan fingerprint density at radius 2 is 1.84 bits per heavy atom. The van der Waals surface area contributed by atoms with Gasteiger partial charge in [0.15, 0.2) is 0 Å². The fourth-order valence-electron chi connectivity index (χ4n) is 3.63. The molecule has 1 aromatic heterocycles. The molecule has 0 spiro atoms. The summed E-state index contributed by atoms with van der Waals surface area (Å²) in [6, 6.07) is 16.8. The van der Waals surface area contributed by atoms with Crippen LogP contribution in [0.1, 0.15) is 30.9 Å². The van der Waals surface area contributed by atoms with Gasteiger partial charge in [-0.05, 0) is 55.3 Å². The number of aliphatic imine (C=N–C) groups is 1. The highest BCUT2D eigenvalue weighted by Crippen LogP contribution is 2.51. The van der Waals surface area contributed by atoms with Crippen LogP contribution in [0.2, 0.25) is 0 Å². The predicted molar refractivity (Wildman–Crippen MR) is 125 cm³/mol. The Labute approximate surface area is 187 Å². The van der Waals surface area contributed by atoms with E-state index in [0.29, 0.717) is 18.9 Å². The second-order valence-corrected chi connectivity index (χ2v) is 9.35. The maximum atomic E-state index is 12.7. The SMILES string of the molecule is CCOP(=O)(Cc1ccc(N=CC2C(=O)Nc3cc(-c4ccco4)ccc32)cc1)OCC. The topological polar surface area (TPSA) is 90.1 Å². The first-order valence-electron chi connectivity index (χ1n) is 10.5. The number of carbonyl (C=O) groups excluding carboxylic acids is 1. The molecule has 2 aromatic carbocycles. The molecule has 1 unspecified atom stereocenters. The van der Waals surface area contributed by atoms with Crippen molar-refractivity contribution in [3.8, 4) is 11.3 Å². The van der Waals surface area contributed by atoms with Crippen molar-refractivity contribution in [2.24, 2.45) is 4.99 Å². The molecule has 0 aliphatic carbocycles. The van der Waals surface area contributed by atoms with Gasteiger partial charge in [0.25, 0.3) is 0 Å². The van der Waals surface area contributed by atoms with Crippen LogP contribution in [0.5, 0.6) is 0 Å². The van der Waals surface area contributed by atoms with E-state index in [0.717, 1.165) is 28.1 Å². The summed E-state index contributed by atoms with van der Waals surface area (Å²) in [6.07, 6.45) is 3.47. The maximum Gasteiger partial charge on any atom is 0.335 e. The molecule has 1 aliphatic rings. The van der Waals surface area contributed by atoms with Crippen molar-refractivity contribution >= 4 is 31.1 Å². The highest BCUT2D eigenvalue weighted by atomic mass is 31.2. The predicted octanol–water partition coefficient (Wildman–Crippen LogP) is 6.15. The zero-order valence-corrected chi connectivity index (χ0v) is 18.9. The minimum absolute atomic E-state index is 0.119. The summed E-state index contributed by atoms with van der Waals surface area (Å²) in [5.41, 5.74) is 4.07. The van der Waals surface area contributed by atoms with Gasteiger partial charge in [-0.1, -0.05) is 24.3 Å². The number of anilines is 1. The Bertz CT molecular complexity index is 1150. The third-order valence-electron chi connectivity index (χ3n) is 5.07. The molecule has 166 valence electrons. The van der Waals surface area contributed by atoms with Crippen LogP contribution in [-0.4, -0.2) is 25.3 Å². The molecule has 4 rings (SSSR count). The van der Waals surface area contributed by atoms with E-state index in [-0.39, 0.29) is 12.1 Å². The summed E-state index contributed by atoms with van der Waals surface area (Å²) < 4.78 is 28.8. The number of furan rings is 1. The van der Waals surface area contributed by atoms with Gasteiger partial charge in [-0.2, -0.15) is 0 Å². The maximum absolute atomic E-state index is 12.7. The fourth-order valence-corrected chi connectivity index (χ4v) is 5.33. The molecule has 0 saturated heterocycles. The van der Waals surface area contributed by atoms with E-state index in [1.165, 1.54) is 0 Å². The van der Waals surface area contributed by atoms with Crippen molar-refractivity contribution < 1.29 is 22.8 Å². The summed E-state index contributed by atoms with van der Waals surface area (Å²) in [5, 5.41) is 2.91. The molecule has 0 bridgehead atoms. The molecule has 1 N–H and O–H groups in total. The van der Waals surface area contributed by atoms with E-state index in [1.807, 2.05) is 54.6 Å². The van der Waals surface area contributed by atoms with Crippen LogP contribution in [0.4, 0.5) is 11.4 Å². The lowest BCUT2D eigenvalue weighted by Gasteiger charge is -2.16. The molecule has 32 heavy (non-hydrogen) atoms. The van der Waals surface area contributed by atoms with E-state index in [4.69, 9.17) is 13.5 Å². The van der Waals surface area contributed by atoms with Crippen LogP contribution in [0.25, 0.3) is 11.3 Å². The van der Waals surface area contributed by atoms with Crippen LogP contribution in [-0.2, 0) is 24.6 Å². The van der Waals surface area contributed by atoms with Crippen molar-refractivity contribution in [1.29, 1.82) is 0 Å². The van der Waals surface area contributed by atoms with E-state index in [2.05, 4.69) is 10.3 Å². The van der Waals surface area contributed by atoms with Gasteiger partial charge in [0, 0.05) is 17.5 Å². The van der Waals surface area contributed by atoms with Crippen LogP contribution >= 0.6 is 7.60 Å². The molecule has 2 heterocycles. The van der Waals surface area contributed by atoms with Gasteiger partial charge in [-0.15, -0.1) is 0 Å². The molecular formula is C24H25N2O5P. The monoisotopic (exact) mass is 452 g/mol. The Morgan fingerprint density at radius 3 is 2.50 bits per heavy atom. The van der Waals surface area contributed by atoms with Gasteiger partial charge in [-0.3, -0.25) is 14.4 Å². The van der Waals surface area contributed by atoms with Gasteiger partial charge in [0.2, 0.25) is 5.91 Å². The number of nitrogens with zero attached hydrogens (tertiary/aromatic N) is 1. The van der Waals surface area contributed by atoms with Crippen LogP contribution in [0.3, 0.4) is 0 Å². The molecule has 0 saturated carbocycles. The number of hydrogen-bond acceptors (Lipinski definition) is 6. The Morgan fingerprint density at radius 1 is 1.09 bits per heavy atom. The third kappa shape index (κ3) is 4.91.